The van der Waals surface area contributed by atoms with Gasteiger partial charge in [0.1, 0.15) is 0 Å². The molecule has 0 saturated heterocycles. The van der Waals surface area contributed by atoms with Crippen molar-refractivity contribution >= 4 is 44.1 Å². The van der Waals surface area contributed by atoms with Gasteiger partial charge in [-0.05, 0) is 42.5 Å². The van der Waals surface area contributed by atoms with Crippen molar-refractivity contribution in [1.29, 1.82) is 0 Å². The van der Waals surface area contributed by atoms with Crippen LogP contribution in [0, 0.1) is 0 Å². The highest BCUT2D eigenvalue weighted by Crippen LogP contribution is 2.56. The molecule has 6 aromatic carbocycles. The Bertz CT molecular complexity index is 2680. The number of aliphatic hydroxyl groups excluding tert-OH is 1. The van der Waals surface area contributed by atoms with Crippen LogP contribution in [0.2, 0.25) is 0 Å². The van der Waals surface area contributed by atoms with E-state index in [0.29, 0.717) is 5.95 Å². The van der Waals surface area contributed by atoms with Crippen LogP contribution in [0.4, 0.5) is 11.4 Å². The molecule has 1 aliphatic rings. The van der Waals surface area contributed by atoms with Gasteiger partial charge in [-0.3, -0.25) is 4.57 Å². The third-order valence-corrected chi connectivity index (χ3v) is 9.61. The van der Waals surface area contributed by atoms with Crippen molar-refractivity contribution in [1.82, 2.24) is 19.1 Å². The van der Waals surface area contributed by atoms with Crippen LogP contribution in [0.1, 0.15) is 11.9 Å². The largest absolute Gasteiger partial charge is 0.368 e. The molecule has 9 aromatic rings. The molecular formula is C43H29N5O. The third kappa shape index (κ3) is 4.05. The zero-order chi connectivity index (χ0) is 32.5. The number of aliphatic hydroxyl groups is 1. The van der Waals surface area contributed by atoms with Gasteiger partial charge < -0.3 is 14.6 Å². The minimum Gasteiger partial charge on any atom is -0.368 e. The maximum absolute atomic E-state index is 12.7. The summed E-state index contributed by atoms with van der Waals surface area (Å²) in [5.41, 5.74) is 10.2. The summed E-state index contributed by atoms with van der Waals surface area (Å²) in [4.78, 5) is 12.7. The van der Waals surface area contributed by atoms with Gasteiger partial charge >= 0.3 is 0 Å². The average molecular weight is 632 g/mol. The first kappa shape index (κ1) is 27.6. The zero-order valence-electron chi connectivity index (χ0n) is 26.3. The van der Waals surface area contributed by atoms with Gasteiger partial charge in [0.25, 0.3) is 0 Å². The van der Waals surface area contributed by atoms with Crippen molar-refractivity contribution in [3.63, 3.8) is 0 Å². The van der Waals surface area contributed by atoms with Gasteiger partial charge in [0.15, 0.2) is 6.23 Å². The van der Waals surface area contributed by atoms with Crippen LogP contribution in [0.15, 0.2) is 164 Å². The number of aromatic nitrogens is 4. The van der Waals surface area contributed by atoms with E-state index in [1.165, 1.54) is 0 Å². The minimum atomic E-state index is -0.992. The van der Waals surface area contributed by atoms with E-state index in [9.17, 15) is 5.11 Å². The summed E-state index contributed by atoms with van der Waals surface area (Å²) >= 11 is 0. The fourth-order valence-electron chi connectivity index (χ4n) is 7.60. The lowest BCUT2D eigenvalue weighted by Gasteiger charge is -2.36. The molecule has 6 nitrogen and oxygen atoms in total. The molecule has 10 rings (SSSR count). The van der Waals surface area contributed by atoms with Crippen molar-refractivity contribution in [2.45, 2.75) is 6.23 Å². The summed E-state index contributed by atoms with van der Waals surface area (Å²) in [6.45, 7) is 0. The Labute approximate surface area is 282 Å². The molecule has 1 aliphatic heterocycles. The van der Waals surface area contributed by atoms with Gasteiger partial charge in [-0.2, -0.15) is 0 Å². The van der Waals surface area contributed by atoms with Crippen LogP contribution in [0.5, 0.6) is 0 Å². The summed E-state index contributed by atoms with van der Waals surface area (Å²) in [7, 11) is 0. The molecule has 3 aromatic heterocycles. The second-order valence-corrected chi connectivity index (χ2v) is 12.3. The Hall–Kier alpha value is -6.50. The van der Waals surface area contributed by atoms with Crippen LogP contribution in [0.3, 0.4) is 0 Å². The highest BCUT2D eigenvalue weighted by molar-refractivity contribution is 6.13. The molecular weight excluding hydrogens is 603 g/mol. The predicted molar refractivity (Wildman–Crippen MR) is 198 cm³/mol. The van der Waals surface area contributed by atoms with Gasteiger partial charge in [-0.1, -0.05) is 121 Å². The molecule has 0 radical (unpaired) electrons. The van der Waals surface area contributed by atoms with E-state index in [0.717, 1.165) is 78.0 Å². The lowest BCUT2D eigenvalue weighted by atomic mass is 9.98. The molecule has 1 N–H and O–H groups in total. The van der Waals surface area contributed by atoms with Crippen molar-refractivity contribution in [3.8, 4) is 34.2 Å². The number of rotatable bonds is 4. The molecule has 0 amide bonds. The first-order valence-corrected chi connectivity index (χ1v) is 16.5. The van der Waals surface area contributed by atoms with Crippen LogP contribution in [-0.2, 0) is 0 Å². The first-order valence-electron chi connectivity index (χ1n) is 16.5. The van der Waals surface area contributed by atoms with Gasteiger partial charge in [0.05, 0.1) is 39.3 Å². The van der Waals surface area contributed by atoms with E-state index < -0.39 is 6.23 Å². The molecule has 4 heterocycles. The number of benzene rings is 6. The summed E-state index contributed by atoms with van der Waals surface area (Å²) in [5.74, 6) is 0.571. The number of hydrogen-bond acceptors (Lipinski definition) is 4. The second kappa shape index (κ2) is 10.8. The molecule has 49 heavy (non-hydrogen) atoms. The monoisotopic (exact) mass is 631 g/mol. The van der Waals surface area contributed by atoms with E-state index >= 15 is 0 Å². The normalized spacial score (nSPS) is 14.0. The third-order valence-electron chi connectivity index (χ3n) is 9.61. The van der Waals surface area contributed by atoms with Crippen molar-refractivity contribution in [3.05, 3.63) is 169 Å². The molecule has 1 unspecified atom stereocenters. The Balaban J connectivity index is 1.40. The number of hydrogen-bond donors (Lipinski definition) is 1. The minimum absolute atomic E-state index is 0.571. The molecule has 232 valence electrons. The van der Waals surface area contributed by atoms with Crippen molar-refractivity contribution < 1.29 is 5.11 Å². The summed E-state index contributed by atoms with van der Waals surface area (Å²) < 4.78 is 4.40. The number of nitrogens with zero attached hydrogens (tertiary/aromatic N) is 5. The number of para-hydroxylation sites is 5. The Morgan fingerprint density at radius 3 is 1.76 bits per heavy atom. The molecule has 0 aliphatic carbocycles. The van der Waals surface area contributed by atoms with Crippen LogP contribution >= 0.6 is 0 Å². The highest BCUT2D eigenvalue weighted by Gasteiger charge is 2.41. The van der Waals surface area contributed by atoms with E-state index in [1.807, 2.05) is 66.7 Å². The fraction of sp³-hybridized carbons (Fsp3) is 0.0233. The van der Waals surface area contributed by atoms with E-state index in [-0.39, 0.29) is 0 Å². The number of fused-ring (bicyclic) bond motifs is 8. The summed E-state index contributed by atoms with van der Waals surface area (Å²) in [6.07, 6.45) is -0.992. The van der Waals surface area contributed by atoms with Crippen molar-refractivity contribution in [2.75, 3.05) is 4.90 Å². The van der Waals surface area contributed by atoms with E-state index in [1.54, 1.807) is 0 Å². The first-order chi connectivity index (χ1) is 24.3. The molecule has 0 saturated carbocycles. The quantitative estimate of drug-likeness (QED) is 0.210. The Kier molecular flexibility index (Phi) is 6.07. The predicted octanol–water partition coefficient (Wildman–Crippen LogP) is 9.99. The maximum Gasteiger partial charge on any atom is 0.235 e. The van der Waals surface area contributed by atoms with E-state index in [2.05, 4.69) is 111 Å². The SMILES string of the molecule is OC1c2c(c3ccccc3n2-c2ccccc2)-c2c(c3ccccc3n2-c2nc(-c3ccccc3)c3ccccc3n2)N1c1ccccc1. The van der Waals surface area contributed by atoms with Gasteiger partial charge in [0.2, 0.25) is 5.95 Å². The van der Waals surface area contributed by atoms with Gasteiger partial charge in [0, 0.05) is 38.7 Å². The van der Waals surface area contributed by atoms with Crippen LogP contribution in [-0.4, -0.2) is 24.2 Å². The molecule has 6 heteroatoms. The summed E-state index contributed by atoms with van der Waals surface area (Å²) in [5, 5.41) is 15.7. The van der Waals surface area contributed by atoms with Gasteiger partial charge in [-0.25, -0.2) is 9.97 Å². The molecule has 1 atom stereocenters. The average Bonchev–Trinajstić information content (AvgIpc) is 3.69. The highest BCUT2D eigenvalue weighted by atomic mass is 16.3. The second-order valence-electron chi connectivity index (χ2n) is 12.3. The molecule has 0 spiro atoms. The molecule has 0 fully saturated rings. The van der Waals surface area contributed by atoms with E-state index in [4.69, 9.17) is 9.97 Å². The standard InChI is InChI=1S/C43H29N5O/c49-42-41-37(32-23-11-14-26-35(32)46(41)29-18-6-2-7-19-29)40-39(47(42)30-20-8-3-9-21-30)33-24-12-15-27-36(33)48(40)43-44-34-25-13-10-22-31(34)38(45-43)28-16-4-1-5-17-28/h1-27,42,49H. The van der Waals surface area contributed by atoms with Crippen molar-refractivity contribution in [2.24, 2.45) is 0 Å². The number of anilines is 2. The molecule has 0 bridgehead atoms. The summed E-state index contributed by atoms with van der Waals surface area (Å²) in [6, 6.07) is 55.7. The van der Waals surface area contributed by atoms with Gasteiger partial charge in [-0.15, -0.1) is 0 Å². The lowest BCUT2D eigenvalue weighted by molar-refractivity contribution is 0.177. The smallest absolute Gasteiger partial charge is 0.235 e. The lowest BCUT2D eigenvalue weighted by Crippen LogP contribution is -2.29. The zero-order valence-corrected chi connectivity index (χ0v) is 26.3. The van der Waals surface area contributed by atoms with Crippen LogP contribution in [0.25, 0.3) is 66.9 Å². The van der Waals surface area contributed by atoms with Crippen LogP contribution < -0.4 is 4.90 Å². The Morgan fingerprint density at radius 1 is 0.490 bits per heavy atom. The topological polar surface area (TPSA) is 59.1 Å². The fourth-order valence-corrected chi connectivity index (χ4v) is 7.60. The Morgan fingerprint density at radius 2 is 1.04 bits per heavy atom. The maximum atomic E-state index is 12.7.